The van der Waals surface area contributed by atoms with Crippen molar-refractivity contribution in [3.05, 3.63) is 59.4 Å². The molecule has 1 unspecified atom stereocenters. The minimum atomic E-state index is -0.921. The van der Waals surface area contributed by atoms with E-state index in [2.05, 4.69) is 48.7 Å². The lowest BCUT2D eigenvalue weighted by Crippen LogP contribution is -2.56. The van der Waals surface area contributed by atoms with Gasteiger partial charge in [-0.05, 0) is 68.0 Å². The van der Waals surface area contributed by atoms with Crippen LogP contribution in [0.5, 0.6) is 0 Å². The maximum Gasteiger partial charge on any atom is 0.229 e. The average Bonchev–Trinajstić information content (AvgIpc) is 3.62. The molecular weight excluding hydrogens is 492 g/mol. The molecule has 2 aromatic heterocycles. The summed E-state index contributed by atoms with van der Waals surface area (Å²) in [5.74, 6) is 1.38. The van der Waals surface area contributed by atoms with Crippen LogP contribution in [0.1, 0.15) is 56.4 Å². The predicted octanol–water partition coefficient (Wildman–Crippen LogP) is 3.98. The molecule has 1 saturated carbocycles. The van der Waals surface area contributed by atoms with E-state index >= 15 is 0 Å². The topological polar surface area (TPSA) is 130 Å². The van der Waals surface area contributed by atoms with Gasteiger partial charge in [0.1, 0.15) is 23.1 Å². The molecule has 1 aliphatic heterocycles. The van der Waals surface area contributed by atoms with Crippen LogP contribution in [-0.2, 0) is 16.8 Å². The highest BCUT2D eigenvalue weighted by Gasteiger charge is 2.52. The minimum Gasteiger partial charge on any atom is -0.384 e. The summed E-state index contributed by atoms with van der Waals surface area (Å²) in [6.45, 7) is 6.04. The molecule has 200 valence electrons. The summed E-state index contributed by atoms with van der Waals surface area (Å²) in [4.78, 5) is 29.9. The minimum absolute atomic E-state index is 0.00360. The Balaban J connectivity index is 1.17. The number of aromatic nitrogens is 3. The van der Waals surface area contributed by atoms with Crippen LogP contribution in [0.25, 0.3) is 0 Å². The van der Waals surface area contributed by atoms with Gasteiger partial charge in [-0.15, -0.1) is 0 Å². The van der Waals surface area contributed by atoms with Crippen molar-refractivity contribution in [3.8, 4) is 6.07 Å². The number of amides is 1. The van der Waals surface area contributed by atoms with E-state index in [1.54, 1.807) is 6.92 Å². The zero-order valence-electron chi connectivity index (χ0n) is 22.2. The highest BCUT2D eigenvalue weighted by molar-refractivity contribution is 5.75. The number of nitrogens with zero attached hydrogens (tertiary/aromatic N) is 6. The summed E-state index contributed by atoms with van der Waals surface area (Å²) in [6.07, 6.45) is 5.66. The van der Waals surface area contributed by atoms with Gasteiger partial charge in [0, 0.05) is 37.9 Å². The van der Waals surface area contributed by atoms with Crippen molar-refractivity contribution in [2.75, 3.05) is 35.2 Å². The Kier molecular flexibility index (Phi) is 6.11. The van der Waals surface area contributed by atoms with E-state index in [0.717, 1.165) is 55.8 Å². The number of nitriles is 1. The number of fused-ring (bicyclic) bond motifs is 1. The van der Waals surface area contributed by atoms with Crippen LogP contribution < -0.4 is 15.5 Å². The average molecular weight is 525 g/mol. The number of carbonyl (C=O) groups excluding carboxylic acids is 1. The van der Waals surface area contributed by atoms with Gasteiger partial charge in [0.15, 0.2) is 5.82 Å². The number of pyridine rings is 1. The first-order valence-corrected chi connectivity index (χ1v) is 13.5. The number of nitrogens with one attached hydrogen (secondary N) is 2. The fourth-order valence-corrected chi connectivity index (χ4v) is 5.85. The standard InChI is InChI=1S/C29H32N8O2/c1-3-29(39)11-10-20-4-9-24(33-25(20)29)34-26-21(16-30)17-31-27(35-26)32-22-5-7-23(8-6-22)36-14-15-37(19(2)38)28(18-36)12-13-28/h4-9,17,39H,3,10-15,18H2,1-2H3,(H2,31,32,33,34,35). The molecule has 2 aliphatic carbocycles. The van der Waals surface area contributed by atoms with Crippen molar-refractivity contribution < 1.29 is 9.90 Å². The molecule has 1 amide bonds. The van der Waals surface area contributed by atoms with Crippen LogP contribution in [0, 0.1) is 11.3 Å². The lowest BCUT2D eigenvalue weighted by molar-refractivity contribution is -0.132. The summed E-state index contributed by atoms with van der Waals surface area (Å²) in [5.41, 5.74) is 3.06. The Labute approximate surface area is 227 Å². The molecule has 1 atom stereocenters. The highest BCUT2D eigenvalue weighted by Crippen LogP contribution is 2.45. The van der Waals surface area contributed by atoms with Gasteiger partial charge in [0.2, 0.25) is 11.9 Å². The van der Waals surface area contributed by atoms with E-state index in [1.165, 1.54) is 6.20 Å². The molecule has 0 bridgehead atoms. The molecule has 3 heterocycles. The normalized spacial score (nSPS) is 20.9. The molecule has 1 spiro atoms. The maximum atomic E-state index is 12.0. The zero-order valence-corrected chi connectivity index (χ0v) is 22.2. The lowest BCUT2D eigenvalue weighted by atomic mass is 9.98. The van der Waals surface area contributed by atoms with E-state index in [-0.39, 0.29) is 11.4 Å². The Morgan fingerprint density at radius 2 is 1.90 bits per heavy atom. The van der Waals surface area contributed by atoms with Crippen molar-refractivity contribution in [1.29, 1.82) is 5.26 Å². The van der Waals surface area contributed by atoms with Crippen molar-refractivity contribution in [1.82, 2.24) is 19.9 Å². The van der Waals surface area contributed by atoms with Crippen molar-refractivity contribution in [3.63, 3.8) is 0 Å². The first-order chi connectivity index (χ1) is 18.8. The Hall–Kier alpha value is -4.23. The Morgan fingerprint density at radius 1 is 1.10 bits per heavy atom. The second-order valence-corrected chi connectivity index (χ2v) is 10.8. The van der Waals surface area contributed by atoms with E-state index in [1.807, 2.05) is 36.1 Å². The lowest BCUT2D eigenvalue weighted by Gasteiger charge is -2.43. The number of hydrogen-bond donors (Lipinski definition) is 3. The molecule has 1 saturated heterocycles. The van der Waals surface area contributed by atoms with Gasteiger partial charge in [-0.2, -0.15) is 10.2 Å². The van der Waals surface area contributed by atoms with Crippen LogP contribution >= 0.6 is 0 Å². The molecule has 0 radical (unpaired) electrons. The number of carbonyl (C=O) groups is 1. The quantitative estimate of drug-likeness (QED) is 0.438. The highest BCUT2D eigenvalue weighted by atomic mass is 16.3. The molecular formula is C29H32N8O2. The first-order valence-electron chi connectivity index (χ1n) is 13.5. The van der Waals surface area contributed by atoms with Crippen molar-refractivity contribution in [2.45, 2.75) is 57.1 Å². The maximum absolute atomic E-state index is 12.0. The largest absolute Gasteiger partial charge is 0.384 e. The Bertz CT molecular complexity index is 1460. The third kappa shape index (κ3) is 4.63. The Morgan fingerprint density at radius 3 is 2.59 bits per heavy atom. The number of rotatable bonds is 6. The van der Waals surface area contributed by atoms with E-state index in [4.69, 9.17) is 0 Å². The van der Waals surface area contributed by atoms with Gasteiger partial charge in [0.25, 0.3) is 0 Å². The third-order valence-electron chi connectivity index (χ3n) is 8.32. The fraction of sp³-hybridized carbons (Fsp3) is 0.414. The molecule has 3 aliphatic rings. The monoisotopic (exact) mass is 524 g/mol. The van der Waals surface area contributed by atoms with Gasteiger partial charge in [-0.1, -0.05) is 13.0 Å². The van der Waals surface area contributed by atoms with Gasteiger partial charge < -0.3 is 25.5 Å². The SMILES string of the molecule is CCC1(O)CCc2ccc(Nc3nc(Nc4ccc(N5CCN(C(C)=O)C6(CC6)C5)cc4)ncc3C#N)nc21. The van der Waals surface area contributed by atoms with Crippen LogP contribution in [0.15, 0.2) is 42.6 Å². The zero-order chi connectivity index (χ0) is 27.2. The van der Waals surface area contributed by atoms with Crippen LogP contribution in [-0.4, -0.2) is 56.0 Å². The summed E-state index contributed by atoms with van der Waals surface area (Å²) >= 11 is 0. The van der Waals surface area contributed by atoms with Crippen molar-refractivity contribution >= 4 is 34.9 Å². The summed E-state index contributed by atoms with van der Waals surface area (Å²) in [7, 11) is 0. The van der Waals surface area contributed by atoms with Crippen LogP contribution in [0.3, 0.4) is 0 Å². The number of benzene rings is 1. The molecule has 2 fully saturated rings. The van der Waals surface area contributed by atoms with E-state index in [0.29, 0.717) is 41.7 Å². The number of piperazine rings is 1. The third-order valence-corrected chi connectivity index (χ3v) is 8.32. The van der Waals surface area contributed by atoms with Gasteiger partial charge in [-0.3, -0.25) is 4.79 Å². The fourth-order valence-electron chi connectivity index (χ4n) is 5.85. The van der Waals surface area contributed by atoms with Crippen LogP contribution in [0.2, 0.25) is 0 Å². The number of anilines is 5. The molecule has 3 N–H and O–H groups in total. The molecule has 39 heavy (non-hydrogen) atoms. The van der Waals surface area contributed by atoms with E-state index in [9.17, 15) is 15.2 Å². The molecule has 6 rings (SSSR count). The number of aliphatic hydroxyl groups is 1. The molecule has 10 heteroatoms. The number of hydrogen-bond acceptors (Lipinski definition) is 9. The van der Waals surface area contributed by atoms with Crippen LogP contribution in [0.4, 0.5) is 29.0 Å². The second-order valence-electron chi connectivity index (χ2n) is 10.8. The summed E-state index contributed by atoms with van der Waals surface area (Å²) < 4.78 is 0. The van der Waals surface area contributed by atoms with Gasteiger partial charge in [0.05, 0.1) is 17.4 Å². The van der Waals surface area contributed by atoms with E-state index < -0.39 is 5.60 Å². The smallest absolute Gasteiger partial charge is 0.229 e. The summed E-state index contributed by atoms with van der Waals surface area (Å²) in [5, 5.41) is 26.9. The molecule has 10 nitrogen and oxygen atoms in total. The van der Waals surface area contributed by atoms with Gasteiger partial charge >= 0.3 is 0 Å². The molecule has 3 aromatic rings. The van der Waals surface area contributed by atoms with Gasteiger partial charge in [-0.25, -0.2) is 9.97 Å². The first kappa shape index (κ1) is 25.1. The second kappa shape index (κ2) is 9.50. The predicted molar refractivity (Wildman–Crippen MR) is 148 cm³/mol. The number of aryl methyl sites for hydroxylation is 1. The van der Waals surface area contributed by atoms with Crippen molar-refractivity contribution in [2.24, 2.45) is 0 Å². The molecule has 1 aromatic carbocycles. The summed E-state index contributed by atoms with van der Waals surface area (Å²) in [6, 6.07) is 14.0.